The lowest BCUT2D eigenvalue weighted by molar-refractivity contribution is -0.131. The summed E-state index contributed by atoms with van der Waals surface area (Å²) in [7, 11) is 1.65. The van der Waals surface area contributed by atoms with Gasteiger partial charge < -0.3 is 15.0 Å². The number of ether oxygens (including phenoxy) is 1. The number of piperidine rings is 1. The average Bonchev–Trinajstić information content (AvgIpc) is 2.54. The van der Waals surface area contributed by atoms with Gasteiger partial charge in [0.2, 0.25) is 5.91 Å². The number of carbonyl (C=O) groups is 1. The van der Waals surface area contributed by atoms with Crippen LogP contribution in [0.25, 0.3) is 0 Å². The first-order valence-corrected chi connectivity index (χ1v) is 7.84. The molecule has 1 heterocycles. The maximum atomic E-state index is 12.3. The fraction of sp³-hybridized carbons (Fsp3) is 0.588. The Labute approximate surface area is 139 Å². The third-order valence-corrected chi connectivity index (χ3v) is 4.16. The molecule has 0 radical (unpaired) electrons. The molecule has 1 aliphatic heterocycles. The summed E-state index contributed by atoms with van der Waals surface area (Å²) >= 11 is 0. The van der Waals surface area contributed by atoms with Gasteiger partial charge in [0, 0.05) is 13.1 Å². The van der Waals surface area contributed by atoms with Crippen LogP contribution in [0.5, 0.6) is 5.75 Å². The van der Waals surface area contributed by atoms with E-state index in [1.54, 1.807) is 7.11 Å². The van der Waals surface area contributed by atoms with E-state index in [0.29, 0.717) is 6.42 Å². The summed E-state index contributed by atoms with van der Waals surface area (Å²) in [6.45, 7) is 6.03. The fourth-order valence-corrected chi connectivity index (χ4v) is 2.76. The van der Waals surface area contributed by atoms with Crippen molar-refractivity contribution < 1.29 is 9.53 Å². The number of nitrogens with one attached hydrogen (secondary N) is 1. The highest BCUT2D eigenvalue weighted by Crippen LogP contribution is 2.18. The van der Waals surface area contributed by atoms with Gasteiger partial charge in [0.1, 0.15) is 5.75 Å². The zero-order chi connectivity index (χ0) is 15.1. The number of rotatable bonds is 6. The lowest BCUT2D eigenvalue weighted by Gasteiger charge is -2.32. The topological polar surface area (TPSA) is 41.6 Å². The second-order valence-electron chi connectivity index (χ2n) is 5.66. The second kappa shape index (κ2) is 9.70. The molecule has 0 unspecified atom stereocenters. The summed E-state index contributed by atoms with van der Waals surface area (Å²) in [6.07, 6.45) is 2.71. The highest BCUT2D eigenvalue weighted by Gasteiger charge is 2.22. The van der Waals surface area contributed by atoms with Crippen LogP contribution in [0.4, 0.5) is 0 Å². The Morgan fingerprint density at radius 2 is 1.91 bits per heavy atom. The summed E-state index contributed by atoms with van der Waals surface area (Å²) in [5.74, 6) is 1.78. The van der Waals surface area contributed by atoms with Gasteiger partial charge in [-0.25, -0.2) is 0 Å². The summed E-state index contributed by atoms with van der Waals surface area (Å²) < 4.78 is 5.13. The molecule has 1 aliphatic rings. The number of hydrogen-bond donors (Lipinski definition) is 1. The molecule has 1 fully saturated rings. The van der Waals surface area contributed by atoms with Crippen molar-refractivity contribution in [1.82, 2.24) is 10.2 Å². The molecular formula is C17H27ClN2O2. The SMILES string of the molecule is CCNCC1CCN(C(=O)Cc2ccc(OC)cc2)CC1.Cl. The molecular weight excluding hydrogens is 300 g/mol. The molecule has 5 heteroatoms. The first-order chi connectivity index (χ1) is 10.2. The van der Waals surface area contributed by atoms with Crippen LogP contribution >= 0.6 is 12.4 Å². The Morgan fingerprint density at radius 3 is 2.45 bits per heavy atom. The zero-order valence-corrected chi connectivity index (χ0v) is 14.3. The number of amides is 1. The third-order valence-electron chi connectivity index (χ3n) is 4.16. The molecule has 2 rings (SSSR count). The van der Waals surface area contributed by atoms with Gasteiger partial charge in [-0.1, -0.05) is 19.1 Å². The van der Waals surface area contributed by atoms with Crippen LogP contribution in [0.3, 0.4) is 0 Å². The van der Waals surface area contributed by atoms with Crippen LogP contribution in [-0.2, 0) is 11.2 Å². The Kier molecular flexibility index (Phi) is 8.28. The van der Waals surface area contributed by atoms with Crippen LogP contribution in [-0.4, -0.2) is 44.1 Å². The average molecular weight is 327 g/mol. The lowest BCUT2D eigenvalue weighted by Crippen LogP contribution is -2.41. The fourth-order valence-electron chi connectivity index (χ4n) is 2.76. The van der Waals surface area contributed by atoms with Crippen molar-refractivity contribution in [2.75, 3.05) is 33.3 Å². The molecule has 0 bridgehead atoms. The van der Waals surface area contributed by atoms with Crippen molar-refractivity contribution in [3.05, 3.63) is 29.8 Å². The minimum Gasteiger partial charge on any atom is -0.497 e. The minimum absolute atomic E-state index is 0. The molecule has 1 aromatic carbocycles. The number of nitrogens with zero attached hydrogens (tertiary/aromatic N) is 1. The highest BCUT2D eigenvalue weighted by atomic mass is 35.5. The van der Waals surface area contributed by atoms with Crippen molar-refractivity contribution in [2.45, 2.75) is 26.2 Å². The summed E-state index contributed by atoms with van der Waals surface area (Å²) in [5, 5.41) is 3.40. The van der Waals surface area contributed by atoms with Gasteiger partial charge in [0.15, 0.2) is 0 Å². The molecule has 1 N–H and O–H groups in total. The van der Waals surface area contributed by atoms with Crippen LogP contribution in [0.1, 0.15) is 25.3 Å². The Bertz CT molecular complexity index is 442. The molecule has 1 amide bonds. The quantitative estimate of drug-likeness (QED) is 0.873. The highest BCUT2D eigenvalue weighted by molar-refractivity contribution is 5.85. The van der Waals surface area contributed by atoms with Crippen molar-refractivity contribution in [3.63, 3.8) is 0 Å². The zero-order valence-electron chi connectivity index (χ0n) is 13.5. The molecule has 1 aromatic rings. The molecule has 0 spiro atoms. The van der Waals surface area contributed by atoms with Crippen molar-refractivity contribution >= 4 is 18.3 Å². The molecule has 0 atom stereocenters. The van der Waals surface area contributed by atoms with E-state index < -0.39 is 0 Å². The smallest absolute Gasteiger partial charge is 0.226 e. The minimum atomic E-state index is 0. The van der Waals surface area contributed by atoms with E-state index in [-0.39, 0.29) is 18.3 Å². The van der Waals surface area contributed by atoms with E-state index in [2.05, 4.69) is 12.2 Å². The number of hydrogen-bond acceptors (Lipinski definition) is 3. The van der Waals surface area contributed by atoms with Gasteiger partial charge in [-0.05, 0) is 49.5 Å². The third kappa shape index (κ3) is 5.50. The van der Waals surface area contributed by atoms with E-state index >= 15 is 0 Å². The maximum absolute atomic E-state index is 12.3. The predicted octanol–water partition coefficient (Wildman–Crippen LogP) is 2.51. The van der Waals surface area contributed by atoms with Crippen molar-refractivity contribution in [3.8, 4) is 5.75 Å². The van der Waals surface area contributed by atoms with Crippen molar-refractivity contribution in [1.29, 1.82) is 0 Å². The molecule has 124 valence electrons. The van der Waals surface area contributed by atoms with Crippen molar-refractivity contribution in [2.24, 2.45) is 5.92 Å². The Balaban J connectivity index is 0.00000242. The lowest BCUT2D eigenvalue weighted by atomic mass is 9.96. The molecule has 0 aliphatic carbocycles. The number of halogens is 1. The molecule has 0 saturated carbocycles. The Morgan fingerprint density at radius 1 is 1.27 bits per heavy atom. The van der Waals surface area contributed by atoms with Crippen LogP contribution in [0.15, 0.2) is 24.3 Å². The largest absolute Gasteiger partial charge is 0.497 e. The first-order valence-electron chi connectivity index (χ1n) is 7.84. The number of carbonyl (C=O) groups excluding carboxylic acids is 1. The summed E-state index contributed by atoms with van der Waals surface area (Å²) in [4.78, 5) is 14.3. The van der Waals surface area contributed by atoms with Gasteiger partial charge in [0.05, 0.1) is 13.5 Å². The van der Waals surface area contributed by atoms with E-state index in [1.165, 1.54) is 0 Å². The number of likely N-dealkylation sites (tertiary alicyclic amines) is 1. The standard InChI is InChI=1S/C17H26N2O2.ClH/c1-3-18-13-15-8-10-19(11-9-15)17(20)12-14-4-6-16(21-2)7-5-14;/h4-7,15,18H,3,8-13H2,1-2H3;1H. The van der Waals surface area contributed by atoms with Gasteiger partial charge in [-0.3, -0.25) is 4.79 Å². The maximum Gasteiger partial charge on any atom is 0.226 e. The number of methoxy groups -OCH3 is 1. The normalized spacial score (nSPS) is 15.3. The van der Waals surface area contributed by atoms with Crippen LogP contribution < -0.4 is 10.1 Å². The number of benzene rings is 1. The van der Waals surface area contributed by atoms with Gasteiger partial charge >= 0.3 is 0 Å². The molecule has 0 aromatic heterocycles. The Hall–Kier alpha value is -1.26. The van der Waals surface area contributed by atoms with Gasteiger partial charge in [0.25, 0.3) is 0 Å². The summed E-state index contributed by atoms with van der Waals surface area (Å²) in [6, 6.07) is 7.75. The molecule has 22 heavy (non-hydrogen) atoms. The predicted molar refractivity (Wildman–Crippen MR) is 91.8 cm³/mol. The van der Waals surface area contributed by atoms with E-state index in [1.807, 2.05) is 29.2 Å². The second-order valence-corrected chi connectivity index (χ2v) is 5.66. The molecule has 1 saturated heterocycles. The first kappa shape index (κ1) is 18.8. The van der Waals surface area contributed by atoms with E-state index in [9.17, 15) is 4.79 Å². The van der Waals surface area contributed by atoms with E-state index in [4.69, 9.17) is 4.74 Å². The van der Waals surface area contributed by atoms with Crippen LogP contribution in [0, 0.1) is 5.92 Å². The van der Waals surface area contributed by atoms with Crippen LogP contribution in [0.2, 0.25) is 0 Å². The molecule has 4 nitrogen and oxygen atoms in total. The summed E-state index contributed by atoms with van der Waals surface area (Å²) in [5.41, 5.74) is 1.05. The van der Waals surface area contributed by atoms with Gasteiger partial charge in [-0.15, -0.1) is 12.4 Å². The van der Waals surface area contributed by atoms with Gasteiger partial charge in [-0.2, -0.15) is 0 Å². The van der Waals surface area contributed by atoms with E-state index in [0.717, 1.165) is 56.3 Å². The monoisotopic (exact) mass is 326 g/mol.